The van der Waals surface area contributed by atoms with Gasteiger partial charge >= 0.3 is 6.03 Å². The molecule has 1 saturated heterocycles. The molecule has 0 spiro atoms. The monoisotopic (exact) mass is 277 g/mol. The molecule has 0 atom stereocenters. The lowest BCUT2D eigenvalue weighted by Gasteiger charge is -2.35. The second kappa shape index (κ2) is 6.07. The first-order chi connectivity index (χ1) is 9.46. The molecule has 2 rings (SSSR count). The maximum atomic E-state index is 12.1. The molecule has 0 bridgehead atoms. The molecule has 0 aliphatic carbocycles. The average Bonchev–Trinajstić information content (AvgIpc) is 2.45. The normalized spacial score (nSPS) is 16.1. The third-order valence-electron chi connectivity index (χ3n) is 3.17. The second-order valence-electron chi connectivity index (χ2n) is 6.24. The van der Waals surface area contributed by atoms with Gasteiger partial charge in [-0.05, 0) is 11.5 Å². The first-order valence-electron chi connectivity index (χ1n) is 7.00. The van der Waals surface area contributed by atoms with Crippen molar-refractivity contribution in [2.24, 2.45) is 5.41 Å². The van der Waals surface area contributed by atoms with Gasteiger partial charge in [0.25, 0.3) is 0 Å². The topological polar surface area (TPSA) is 61.4 Å². The molecule has 1 N–H and O–H groups in total. The van der Waals surface area contributed by atoms with Crippen LogP contribution >= 0.6 is 0 Å². The van der Waals surface area contributed by atoms with Crippen molar-refractivity contribution in [3.05, 3.63) is 18.5 Å². The predicted molar refractivity (Wildman–Crippen MR) is 78.7 cm³/mol. The molecule has 2 heterocycles. The van der Waals surface area contributed by atoms with Gasteiger partial charge in [0.05, 0.1) is 0 Å². The number of piperazine rings is 1. The SMILES string of the molecule is CC(C)(C)CNC(=O)N1CCN(c2ncccn2)CC1. The maximum absolute atomic E-state index is 12.1. The molecule has 110 valence electrons. The van der Waals surface area contributed by atoms with Gasteiger partial charge in [-0.3, -0.25) is 0 Å². The molecule has 2 amide bonds. The van der Waals surface area contributed by atoms with E-state index < -0.39 is 0 Å². The highest BCUT2D eigenvalue weighted by Gasteiger charge is 2.23. The molecule has 0 radical (unpaired) electrons. The van der Waals surface area contributed by atoms with Gasteiger partial charge in [0.1, 0.15) is 0 Å². The first kappa shape index (κ1) is 14.6. The number of nitrogens with zero attached hydrogens (tertiary/aromatic N) is 4. The Morgan fingerprint density at radius 2 is 1.80 bits per heavy atom. The number of carbonyl (C=O) groups excluding carboxylic acids is 1. The number of aromatic nitrogens is 2. The molecule has 1 fully saturated rings. The van der Waals surface area contributed by atoms with Crippen molar-refractivity contribution < 1.29 is 4.79 Å². The van der Waals surface area contributed by atoms with E-state index in [1.54, 1.807) is 18.5 Å². The summed E-state index contributed by atoms with van der Waals surface area (Å²) in [6.07, 6.45) is 3.48. The minimum Gasteiger partial charge on any atom is -0.337 e. The lowest BCUT2D eigenvalue weighted by Crippen LogP contribution is -2.53. The summed E-state index contributed by atoms with van der Waals surface area (Å²) < 4.78 is 0. The standard InChI is InChI=1S/C14H23N5O/c1-14(2,3)11-17-13(20)19-9-7-18(8-10-19)12-15-5-4-6-16-12/h4-6H,7-11H2,1-3H3,(H,17,20). The fourth-order valence-corrected chi connectivity index (χ4v) is 2.02. The van der Waals surface area contributed by atoms with Crippen LogP contribution in [0.5, 0.6) is 0 Å². The number of anilines is 1. The van der Waals surface area contributed by atoms with E-state index in [4.69, 9.17) is 0 Å². The number of amides is 2. The van der Waals surface area contributed by atoms with Crippen LogP contribution in [0, 0.1) is 5.41 Å². The zero-order valence-corrected chi connectivity index (χ0v) is 12.5. The summed E-state index contributed by atoms with van der Waals surface area (Å²) >= 11 is 0. The van der Waals surface area contributed by atoms with E-state index in [0.717, 1.165) is 19.0 Å². The van der Waals surface area contributed by atoms with E-state index in [1.165, 1.54) is 0 Å². The Kier molecular flexibility index (Phi) is 4.42. The van der Waals surface area contributed by atoms with Crippen LogP contribution in [0.3, 0.4) is 0 Å². The van der Waals surface area contributed by atoms with E-state index in [9.17, 15) is 4.79 Å². The Bertz CT molecular complexity index is 435. The second-order valence-corrected chi connectivity index (χ2v) is 6.24. The molecular weight excluding hydrogens is 254 g/mol. The van der Waals surface area contributed by atoms with Gasteiger partial charge in [0.2, 0.25) is 5.95 Å². The van der Waals surface area contributed by atoms with E-state index in [1.807, 2.05) is 4.90 Å². The van der Waals surface area contributed by atoms with Crippen LogP contribution in [0.1, 0.15) is 20.8 Å². The van der Waals surface area contributed by atoms with Crippen molar-refractivity contribution >= 4 is 12.0 Å². The third-order valence-corrected chi connectivity index (χ3v) is 3.17. The predicted octanol–water partition coefficient (Wildman–Crippen LogP) is 1.35. The van der Waals surface area contributed by atoms with Gasteiger partial charge in [-0.1, -0.05) is 20.8 Å². The summed E-state index contributed by atoms with van der Waals surface area (Å²) in [5, 5.41) is 2.98. The molecule has 6 nitrogen and oxygen atoms in total. The molecule has 0 saturated carbocycles. The quantitative estimate of drug-likeness (QED) is 0.886. The fourth-order valence-electron chi connectivity index (χ4n) is 2.02. The van der Waals surface area contributed by atoms with Crippen LogP contribution < -0.4 is 10.2 Å². The van der Waals surface area contributed by atoms with Gasteiger partial charge in [-0.15, -0.1) is 0 Å². The Labute approximate surface area is 120 Å². The number of urea groups is 1. The minimum absolute atomic E-state index is 0.0218. The number of hydrogen-bond donors (Lipinski definition) is 1. The summed E-state index contributed by atoms with van der Waals surface area (Å²) in [6.45, 7) is 9.96. The number of carbonyl (C=O) groups is 1. The van der Waals surface area contributed by atoms with E-state index in [-0.39, 0.29) is 11.4 Å². The lowest BCUT2D eigenvalue weighted by molar-refractivity contribution is 0.189. The van der Waals surface area contributed by atoms with Crippen molar-refractivity contribution in [3.63, 3.8) is 0 Å². The largest absolute Gasteiger partial charge is 0.337 e. The zero-order chi connectivity index (χ0) is 14.6. The molecule has 0 unspecified atom stereocenters. The highest BCUT2D eigenvalue weighted by Crippen LogP contribution is 2.12. The zero-order valence-electron chi connectivity index (χ0n) is 12.5. The first-order valence-corrected chi connectivity index (χ1v) is 7.00. The van der Waals surface area contributed by atoms with Crippen LogP contribution in [0.15, 0.2) is 18.5 Å². The summed E-state index contributed by atoms with van der Waals surface area (Å²) in [6, 6.07) is 1.83. The van der Waals surface area contributed by atoms with Gasteiger partial charge in [-0.2, -0.15) is 0 Å². The summed E-state index contributed by atoms with van der Waals surface area (Å²) in [5.41, 5.74) is 0.107. The van der Waals surface area contributed by atoms with Crippen LogP contribution in [-0.2, 0) is 0 Å². The molecule has 1 aromatic rings. The van der Waals surface area contributed by atoms with Crippen molar-refractivity contribution in [2.75, 3.05) is 37.6 Å². The third kappa shape index (κ3) is 4.08. The van der Waals surface area contributed by atoms with Crippen molar-refractivity contribution in [2.45, 2.75) is 20.8 Å². The summed E-state index contributed by atoms with van der Waals surface area (Å²) in [5.74, 6) is 0.738. The number of rotatable bonds is 2. The average molecular weight is 277 g/mol. The summed E-state index contributed by atoms with van der Waals surface area (Å²) in [7, 11) is 0. The van der Waals surface area contributed by atoms with Crippen molar-refractivity contribution in [1.29, 1.82) is 0 Å². The Morgan fingerprint density at radius 3 is 2.35 bits per heavy atom. The van der Waals surface area contributed by atoms with E-state index in [0.29, 0.717) is 19.6 Å². The van der Waals surface area contributed by atoms with Crippen LogP contribution in [0.2, 0.25) is 0 Å². The Balaban J connectivity index is 1.81. The minimum atomic E-state index is 0.0218. The number of nitrogens with one attached hydrogen (secondary N) is 1. The van der Waals surface area contributed by atoms with Gasteiger partial charge in [0.15, 0.2) is 0 Å². The molecule has 1 aromatic heterocycles. The fraction of sp³-hybridized carbons (Fsp3) is 0.643. The maximum Gasteiger partial charge on any atom is 0.317 e. The van der Waals surface area contributed by atoms with Crippen LogP contribution in [-0.4, -0.2) is 53.6 Å². The van der Waals surface area contributed by atoms with Crippen LogP contribution in [0.25, 0.3) is 0 Å². The molecule has 1 aliphatic heterocycles. The Hall–Kier alpha value is -1.85. The highest BCUT2D eigenvalue weighted by atomic mass is 16.2. The Morgan fingerprint density at radius 1 is 1.20 bits per heavy atom. The highest BCUT2D eigenvalue weighted by molar-refractivity contribution is 5.74. The molecule has 20 heavy (non-hydrogen) atoms. The molecule has 0 aromatic carbocycles. The van der Waals surface area contributed by atoms with Crippen molar-refractivity contribution in [3.8, 4) is 0 Å². The molecule has 6 heteroatoms. The smallest absolute Gasteiger partial charge is 0.317 e. The van der Waals surface area contributed by atoms with Gasteiger partial charge in [0, 0.05) is 45.1 Å². The summed E-state index contributed by atoms with van der Waals surface area (Å²) in [4.78, 5) is 24.5. The molecular formula is C14H23N5O. The van der Waals surface area contributed by atoms with E-state index in [2.05, 4.69) is 41.0 Å². The lowest BCUT2D eigenvalue weighted by atomic mass is 9.97. The molecule has 1 aliphatic rings. The van der Waals surface area contributed by atoms with Crippen molar-refractivity contribution in [1.82, 2.24) is 20.2 Å². The van der Waals surface area contributed by atoms with E-state index >= 15 is 0 Å². The van der Waals surface area contributed by atoms with Gasteiger partial charge in [-0.25, -0.2) is 14.8 Å². The van der Waals surface area contributed by atoms with Crippen LogP contribution in [0.4, 0.5) is 10.7 Å². The number of hydrogen-bond acceptors (Lipinski definition) is 4. The van der Waals surface area contributed by atoms with Gasteiger partial charge < -0.3 is 15.1 Å².